The fourth-order valence-electron chi connectivity index (χ4n) is 2.23. The lowest BCUT2D eigenvalue weighted by Gasteiger charge is -2.36. The van der Waals surface area contributed by atoms with Crippen LogP contribution in [0.2, 0.25) is 0 Å². The van der Waals surface area contributed by atoms with E-state index in [2.05, 4.69) is 0 Å². The number of morpholine rings is 1. The van der Waals surface area contributed by atoms with Crippen molar-refractivity contribution in [1.29, 1.82) is 0 Å². The first-order chi connectivity index (χ1) is 8.99. The third-order valence-corrected chi connectivity index (χ3v) is 2.98. The van der Waals surface area contributed by atoms with Crippen LogP contribution in [0.3, 0.4) is 0 Å². The molecule has 2 unspecified atom stereocenters. The molecule has 0 aromatic heterocycles. The zero-order chi connectivity index (χ0) is 14.0. The van der Waals surface area contributed by atoms with Crippen LogP contribution in [0.15, 0.2) is 18.2 Å². The Morgan fingerprint density at radius 3 is 2.89 bits per heavy atom. The molecule has 0 spiro atoms. The Hall–Kier alpha value is -1.66. The van der Waals surface area contributed by atoms with Crippen LogP contribution in [0.25, 0.3) is 0 Å². The number of amides is 1. The Kier molecular flexibility index (Phi) is 4.01. The van der Waals surface area contributed by atoms with Crippen molar-refractivity contribution in [3.63, 3.8) is 0 Å². The molecule has 6 heteroatoms. The molecule has 0 saturated carbocycles. The van der Waals surface area contributed by atoms with Crippen molar-refractivity contribution < 1.29 is 19.0 Å². The van der Waals surface area contributed by atoms with E-state index >= 15 is 0 Å². The number of nitrogens with two attached hydrogens (primary N) is 1. The van der Waals surface area contributed by atoms with Gasteiger partial charge >= 0.3 is 0 Å². The highest BCUT2D eigenvalue weighted by molar-refractivity contribution is 5.95. The van der Waals surface area contributed by atoms with Gasteiger partial charge in [-0.1, -0.05) is 0 Å². The number of carbonyl (C=O) groups is 1. The van der Waals surface area contributed by atoms with Crippen molar-refractivity contribution in [1.82, 2.24) is 4.90 Å². The third-order valence-electron chi connectivity index (χ3n) is 2.98. The van der Waals surface area contributed by atoms with Gasteiger partial charge in [-0.05, 0) is 25.1 Å². The molecule has 1 aromatic rings. The van der Waals surface area contributed by atoms with Crippen LogP contribution in [0.4, 0.5) is 10.1 Å². The normalized spacial score (nSPS) is 23.4. The molecule has 1 aliphatic heterocycles. The molecule has 3 N–H and O–H groups in total. The van der Waals surface area contributed by atoms with Crippen LogP contribution in [0, 0.1) is 5.82 Å². The van der Waals surface area contributed by atoms with Gasteiger partial charge in [0.05, 0.1) is 18.8 Å². The zero-order valence-electron chi connectivity index (χ0n) is 10.7. The van der Waals surface area contributed by atoms with Crippen LogP contribution in [-0.4, -0.2) is 47.8 Å². The number of nitrogens with zero attached hydrogens (tertiary/aromatic N) is 1. The van der Waals surface area contributed by atoms with Crippen LogP contribution in [-0.2, 0) is 4.74 Å². The maximum atomic E-state index is 13.3. The molecule has 0 radical (unpaired) electrons. The molecule has 1 aromatic carbocycles. The smallest absolute Gasteiger partial charge is 0.254 e. The molecule has 1 saturated heterocycles. The molecule has 1 heterocycles. The summed E-state index contributed by atoms with van der Waals surface area (Å²) in [5.74, 6) is -0.844. The molecule has 1 aliphatic rings. The summed E-state index contributed by atoms with van der Waals surface area (Å²) in [4.78, 5) is 13.8. The van der Waals surface area contributed by atoms with E-state index in [9.17, 15) is 9.18 Å². The first-order valence-electron chi connectivity index (χ1n) is 6.11. The fraction of sp³-hybridized carbons (Fsp3) is 0.462. The molecule has 2 rings (SSSR count). The van der Waals surface area contributed by atoms with Gasteiger partial charge in [0.15, 0.2) is 0 Å². The van der Waals surface area contributed by atoms with Crippen LogP contribution in [0.1, 0.15) is 17.3 Å². The van der Waals surface area contributed by atoms with Gasteiger partial charge < -0.3 is 20.5 Å². The molecule has 0 bridgehead atoms. The average molecular weight is 268 g/mol. The number of carbonyl (C=O) groups excluding carboxylic acids is 1. The monoisotopic (exact) mass is 268 g/mol. The molecule has 1 amide bonds. The standard InChI is InChI=1S/C13H17FN2O3/c1-8-5-16(6-12(7-17)19-8)13(18)9-2-10(14)4-11(15)3-9/h2-4,8,12,17H,5-7,15H2,1H3. The number of benzene rings is 1. The summed E-state index contributed by atoms with van der Waals surface area (Å²) in [5.41, 5.74) is 5.95. The van der Waals surface area contributed by atoms with E-state index in [1.165, 1.54) is 6.07 Å². The lowest BCUT2D eigenvalue weighted by Crippen LogP contribution is -2.50. The van der Waals surface area contributed by atoms with Crippen molar-refractivity contribution >= 4 is 11.6 Å². The topological polar surface area (TPSA) is 75.8 Å². The van der Waals surface area contributed by atoms with E-state index in [4.69, 9.17) is 15.6 Å². The van der Waals surface area contributed by atoms with Crippen molar-refractivity contribution in [2.45, 2.75) is 19.1 Å². The summed E-state index contributed by atoms with van der Waals surface area (Å²) in [6.07, 6.45) is -0.570. The quantitative estimate of drug-likeness (QED) is 0.771. The minimum atomic E-state index is -0.539. The molecule has 1 fully saturated rings. The first-order valence-corrected chi connectivity index (χ1v) is 6.11. The second-order valence-corrected chi connectivity index (χ2v) is 4.73. The van der Waals surface area contributed by atoms with Gasteiger partial charge in [0.1, 0.15) is 5.82 Å². The highest BCUT2D eigenvalue weighted by Gasteiger charge is 2.28. The molecule has 0 aliphatic carbocycles. The zero-order valence-corrected chi connectivity index (χ0v) is 10.7. The van der Waals surface area contributed by atoms with Gasteiger partial charge in [-0.2, -0.15) is 0 Å². The maximum Gasteiger partial charge on any atom is 0.254 e. The van der Waals surface area contributed by atoms with E-state index in [0.717, 1.165) is 12.1 Å². The van der Waals surface area contributed by atoms with E-state index in [0.29, 0.717) is 6.54 Å². The van der Waals surface area contributed by atoms with E-state index in [1.807, 2.05) is 6.92 Å². The highest BCUT2D eigenvalue weighted by atomic mass is 19.1. The summed E-state index contributed by atoms with van der Waals surface area (Å²) in [5, 5.41) is 9.12. The summed E-state index contributed by atoms with van der Waals surface area (Å²) in [6, 6.07) is 3.77. The van der Waals surface area contributed by atoms with Crippen LogP contribution in [0.5, 0.6) is 0 Å². The Labute approximate surface area is 110 Å². The van der Waals surface area contributed by atoms with Gasteiger partial charge in [-0.3, -0.25) is 4.79 Å². The Morgan fingerprint density at radius 2 is 2.26 bits per heavy atom. The summed E-state index contributed by atoms with van der Waals surface area (Å²) in [7, 11) is 0. The molecule has 5 nitrogen and oxygen atoms in total. The molecule has 104 valence electrons. The Balaban J connectivity index is 2.18. The lowest BCUT2D eigenvalue weighted by atomic mass is 10.1. The van der Waals surface area contributed by atoms with Crippen molar-refractivity contribution in [3.8, 4) is 0 Å². The van der Waals surface area contributed by atoms with Crippen LogP contribution >= 0.6 is 0 Å². The number of hydrogen-bond donors (Lipinski definition) is 2. The molecule has 2 atom stereocenters. The van der Waals surface area contributed by atoms with Crippen molar-refractivity contribution in [2.75, 3.05) is 25.4 Å². The third kappa shape index (κ3) is 3.21. The maximum absolute atomic E-state index is 13.3. The van der Waals surface area contributed by atoms with Crippen LogP contribution < -0.4 is 5.73 Å². The van der Waals surface area contributed by atoms with E-state index in [1.54, 1.807) is 4.90 Å². The number of anilines is 1. The van der Waals surface area contributed by atoms with Crippen molar-refractivity contribution in [3.05, 3.63) is 29.6 Å². The number of aliphatic hydroxyl groups excluding tert-OH is 1. The summed E-state index contributed by atoms with van der Waals surface area (Å²) < 4.78 is 18.7. The summed E-state index contributed by atoms with van der Waals surface area (Å²) in [6.45, 7) is 2.36. The number of aliphatic hydroxyl groups is 1. The molecular formula is C13H17FN2O3. The first kappa shape index (κ1) is 13.8. The lowest BCUT2D eigenvalue weighted by molar-refractivity contribution is -0.0858. The van der Waals surface area contributed by atoms with Gasteiger partial charge in [0, 0.05) is 24.3 Å². The second-order valence-electron chi connectivity index (χ2n) is 4.73. The van der Waals surface area contributed by atoms with Gasteiger partial charge in [-0.15, -0.1) is 0 Å². The second kappa shape index (κ2) is 5.54. The summed E-state index contributed by atoms with van der Waals surface area (Å²) >= 11 is 0. The van der Waals surface area contributed by atoms with Gasteiger partial charge in [0.2, 0.25) is 0 Å². The Bertz CT molecular complexity index is 461. The minimum Gasteiger partial charge on any atom is -0.399 e. The van der Waals surface area contributed by atoms with Gasteiger partial charge in [0.25, 0.3) is 5.91 Å². The largest absolute Gasteiger partial charge is 0.399 e. The Morgan fingerprint density at radius 1 is 1.53 bits per heavy atom. The number of rotatable bonds is 2. The SMILES string of the molecule is CC1CN(C(=O)c2cc(N)cc(F)c2)CC(CO)O1. The van der Waals surface area contributed by atoms with Gasteiger partial charge in [-0.25, -0.2) is 4.39 Å². The van der Waals surface area contributed by atoms with E-state index < -0.39 is 11.9 Å². The number of nitrogen functional groups attached to an aromatic ring is 1. The average Bonchev–Trinajstić information content (AvgIpc) is 2.35. The van der Waals surface area contributed by atoms with E-state index in [-0.39, 0.29) is 36.4 Å². The number of hydrogen-bond acceptors (Lipinski definition) is 4. The predicted molar refractivity (Wildman–Crippen MR) is 68.1 cm³/mol. The predicted octanol–water partition coefficient (Wildman–Crippen LogP) is 0.630. The number of ether oxygens (including phenoxy) is 1. The molecule has 19 heavy (non-hydrogen) atoms. The molecular weight excluding hydrogens is 251 g/mol. The highest BCUT2D eigenvalue weighted by Crippen LogP contribution is 2.17. The number of halogens is 1. The van der Waals surface area contributed by atoms with Crippen molar-refractivity contribution in [2.24, 2.45) is 0 Å². The minimum absolute atomic E-state index is 0.153. The fourth-order valence-corrected chi connectivity index (χ4v) is 2.23.